The van der Waals surface area contributed by atoms with Crippen LogP contribution in [0.15, 0.2) is 23.1 Å². The summed E-state index contributed by atoms with van der Waals surface area (Å²) in [5, 5.41) is 0. The molecule has 0 bridgehead atoms. The second kappa shape index (κ2) is 7.46. The lowest BCUT2D eigenvalue weighted by atomic mass is 10.2. The van der Waals surface area contributed by atoms with Crippen LogP contribution >= 0.6 is 0 Å². The quantitative estimate of drug-likeness (QED) is 0.761. The first-order valence-corrected chi connectivity index (χ1v) is 8.16. The van der Waals surface area contributed by atoms with E-state index in [0.29, 0.717) is 11.5 Å². The zero-order valence-corrected chi connectivity index (χ0v) is 14.0. The third-order valence-electron chi connectivity index (χ3n) is 2.89. The van der Waals surface area contributed by atoms with E-state index in [1.807, 2.05) is 13.8 Å². The maximum Gasteiger partial charge on any atom is 0.243 e. The Labute approximate surface area is 131 Å². The highest BCUT2D eigenvalue weighted by Crippen LogP contribution is 2.30. The molecule has 1 aromatic carbocycles. The van der Waals surface area contributed by atoms with E-state index in [9.17, 15) is 13.2 Å². The molecule has 0 unspecified atom stereocenters. The highest BCUT2D eigenvalue weighted by molar-refractivity contribution is 7.89. The van der Waals surface area contributed by atoms with Crippen molar-refractivity contribution in [1.29, 1.82) is 0 Å². The van der Waals surface area contributed by atoms with Crippen LogP contribution in [0.4, 0.5) is 0 Å². The Hall–Kier alpha value is -1.80. The second-order valence-corrected chi connectivity index (χ2v) is 7.11. The molecule has 1 rings (SSSR count). The summed E-state index contributed by atoms with van der Waals surface area (Å²) in [4.78, 5) is 11.2. The van der Waals surface area contributed by atoms with Gasteiger partial charge in [0.1, 0.15) is 0 Å². The standard InChI is InChI=1S/C14H22N2O5S/c1-10(2)8-16(9-14(15)17)22(18,19)11-5-6-12(20-3)13(7-11)21-4/h5-7,10H,8-9H2,1-4H3,(H2,15,17). The van der Waals surface area contributed by atoms with Crippen molar-refractivity contribution in [3.8, 4) is 11.5 Å². The first-order valence-electron chi connectivity index (χ1n) is 6.72. The average Bonchev–Trinajstić information content (AvgIpc) is 2.44. The second-order valence-electron chi connectivity index (χ2n) is 5.17. The highest BCUT2D eigenvalue weighted by atomic mass is 32.2. The average molecular weight is 330 g/mol. The van der Waals surface area contributed by atoms with Crippen molar-refractivity contribution in [2.75, 3.05) is 27.3 Å². The number of rotatable bonds is 8. The molecule has 1 amide bonds. The van der Waals surface area contributed by atoms with Crippen LogP contribution in [0.3, 0.4) is 0 Å². The molecule has 2 N–H and O–H groups in total. The summed E-state index contributed by atoms with van der Waals surface area (Å²) < 4.78 is 36.7. The van der Waals surface area contributed by atoms with Gasteiger partial charge in [-0.1, -0.05) is 13.8 Å². The predicted molar refractivity (Wildman–Crippen MR) is 82.3 cm³/mol. The Balaban J connectivity index is 3.26. The van der Waals surface area contributed by atoms with Crippen LogP contribution in [0.1, 0.15) is 13.8 Å². The van der Waals surface area contributed by atoms with Crippen LogP contribution in [-0.4, -0.2) is 45.9 Å². The number of hydrogen-bond acceptors (Lipinski definition) is 5. The molecule has 0 radical (unpaired) electrons. The van der Waals surface area contributed by atoms with Gasteiger partial charge in [-0.05, 0) is 18.1 Å². The van der Waals surface area contributed by atoms with E-state index in [1.54, 1.807) is 0 Å². The summed E-state index contributed by atoms with van der Waals surface area (Å²) in [6, 6.07) is 4.27. The fourth-order valence-corrected chi connectivity index (χ4v) is 3.54. The van der Waals surface area contributed by atoms with Crippen LogP contribution in [-0.2, 0) is 14.8 Å². The van der Waals surface area contributed by atoms with Gasteiger partial charge in [-0.2, -0.15) is 4.31 Å². The van der Waals surface area contributed by atoms with E-state index in [2.05, 4.69) is 0 Å². The van der Waals surface area contributed by atoms with E-state index >= 15 is 0 Å². The molecule has 0 saturated heterocycles. The number of carbonyl (C=O) groups excluding carboxylic acids is 1. The number of nitrogens with two attached hydrogens (primary N) is 1. The number of sulfonamides is 1. The van der Waals surface area contributed by atoms with Crippen LogP contribution < -0.4 is 15.2 Å². The van der Waals surface area contributed by atoms with Crippen LogP contribution in [0.25, 0.3) is 0 Å². The first kappa shape index (κ1) is 18.2. The number of carbonyl (C=O) groups is 1. The molecule has 0 aliphatic rings. The minimum absolute atomic E-state index is 0.0204. The maximum atomic E-state index is 12.7. The number of nitrogens with zero attached hydrogens (tertiary/aromatic N) is 1. The zero-order valence-electron chi connectivity index (χ0n) is 13.2. The van der Waals surface area contributed by atoms with Crippen LogP contribution in [0.5, 0.6) is 11.5 Å². The smallest absolute Gasteiger partial charge is 0.243 e. The topological polar surface area (TPSA) is 98.9 Å². The van der Waals surface area contributed by atoms with Gasteiger partial charge in [-0.25, -0.2) is 8.42 Å². The molecule has 0 aliphatic carbocycles. The SMILES string of the molecule is COc1ccc(S(=O)(=O)N(CC(N)=O)CC(C)C)cc1OC. The number of hydrogen-bond donors (Lipinski definition) is 1. The molecule has 0 aromatic heterocycles. The summed E-state index contributed by atoms with van der Waals surface area (Å²) in [5.74, 6) is 0.0675. The first-order chi connectivity index (χ1) is 10.2. The monoisotopic (exact) mass is 330 g/mol. The van der Waals surface area contributed by atoms with Crippen molar-refractivity contribution < 1.29 is 22.7 Å². The van der Waals surface area contributed by atoms with E-state index in [0.717, 1.165) is 4.31 Å². The Morgan fingerprint density at radius 3 is 2.27 bits per heavy atom. The summed E-state index contributed by atoms with van der Waals surface area (Å²) in [6.07, 6.45) is 0. The molecule has 0 fully saturated rings. The number of benzene rings is 1. The van der Waals surface area contributed by atoms with E-state index in [-0.39, 0.29) is 23.9 Å². The van der Waals surface area contributed by atoms with Crippen LogP contribution in [0, 0.1) is 5.92 Å². The third kappa shape index (κ3) is 4.35. The number of methoxy groups -OCH3 is 2. The van der Waals surface area contributed by atoms with Crippen molar-refractivity contribution in [2.45, 2.75) is 18.7 Å². The van der Waals surface area contributed by atoms with Crippen molar-refractivity contribution >= 4 is 15.9 Å². The maximum absolute atomic E-state index is 12.7. The molecule has 8 heteroatoms. The van der Waals surface area contributed by atoms with Gasteiger partial charge in [-0.3, -0.25) is 4.79 Å². The van der Waals surface area contributed by atoms with Crippen molar-refractivity contribution in [3.63, 3.8) is 0 Å². The van der Waals surface area contributed by atoms with Gasteiger partial charge in [0.25, 0.3) is 0 Å². The van der Waals surface area contributed by atoms with Gasteiger partial charge in [0, 0.05) is 12.6 Å². The van der Waals surface area contributed by atoms with E-state index in [4.69, 9.17) is 15.2 Å². The van der Waals surface area contributed by atoms with Gasteiger partial charge >= 0.3 is 0 Å². The Morgan fingerprint density at radius 2 is 1.82 bits per heavy atom. The molecule has 0 atom stereocenters. The molecule has 0 aliphatic heterocycles. The van der Waals surface area contributed by atoms with Crippen LogP contribution in [0.2, 0.25) is 0 Å². The van der Waals surface area contributed by atoms with E-state index in [1.165, 1.54) is 32.4 Å². The van der Waals surface area contributed by atoms with Crippen molar-refractivity contribution in [2.24, 2.45) is 11.7 Å². The molecule has 7 nitrogen and oxygen atoms in total. The molecular formula is C14H22N2O5S. The van der Waals surface area contributed by atoms with E-state index < -0.39 is 15.9 Å². The molecule has 1 aromatic rings. The number of primary amides is 1. The van der Waals surface area contributed by atoms with Gasteiger partial charge in [-0.15, -0.1) is 0 Å². The largest absolute Gasteiger partial charge is 0.493 e. The predicted octanol–water partition coefficient (Wildman–Crippen LogP) is 0.836. The van der Waals surface area contributed by atoms with Gasteiger partial charge in [0.2, 0.25) is 15.9 Å². The summed E-state index contributed by atoms with van der Waals surface area (Å²) in [5.41, 5.74) is 5.16. The Morgan fingerprint density at radius 1 is 1.23 bits per heavy atom. The number of ether oxygens (including phenoxy) is 2. The highest BCUT2D eigenvalue weighted by Gasteiger charge is 2.27. The van der Waals surface area contributed by atoms with Gasteiger partial charge in [0.05, 0.1) is 25.7 Å². The molecular weight excluding hydrogens is 308 g/mol. The molecule has 0 saturated carbocycles. The molecule has 22 heavy (non-hydrogen) atoms. The van der Waals surface area contributed by atoms with Crippen molar-refractivity contribution in [3.05, 3.63) is 18.2 Å². The Bertz CT molecular complexity index is 628. The lowest BCUT2D eigenvalue weighted by Gasteiger charge is -2.23. The summed E-state index contributed by atoms with van der Waals surface area (Å²) in [7, 11) is -0.969. The van der Waals surface area contributed by atoms with Gasteiger partial charge < -0.3 is 15.2 Å². The fourth-order valence-electron chi connectivity index (χ4n) is 1.95. The zero-order chi connectivity index (χ0) is 16.9. The minimum atomic E-state index is -3.85. The lowest BCUT2D eigenvalue weighted by molar-refractivity contribution is -0.118. The van der Waals surface area contributed by atoms with Gasteiger partial charge in [0.15, 0.2) is 11.5 Å². The molecule has 0 spiro atoms. The summed E-state index contributed by atoms with van der Waals surface area (Å²) >= 11 is 0. The Kier molecular flexibility index (Phi) is 6.19. The van der Waals surface area contributed by atoms with Crippen molar-refractivity contribution in [1.82, 2.24) is 4.31 Å². The normalized spacial score (nSPS) is 11.7. The number of amides is 1. The fraction of sp³-hybridized carbons (Fsp3) is 0.500. The minimum Gasteiger partial charge on any atom is -0.493 e. The summed E-state index contributed by atoms with van der Waals surface area (Å²) in [6.45, 7) is 3.55. The molecule has 0 heterocycles. The molecule has 124 valence electrons. The third-order valence-corrected chi connectivity index (χ3v) is 4.70. The lowest BCUT2D eigenvalue weighted by Crippen LogP contribution is -2.40.